The summed E-state index contributed by atoms with van der Waals surface area (Å²) in [5, 5.41) is 3.42. The second-order valence-corrected chi connectivity index (χ2v) is 5.64. The van der Waals surface area contributed by atoms with Crippen LogP contribution in [-0.2, 0) is 12.3 Å². The smallest absolute Gasteiger partial charge is 0.0231 e. The lowest BCUT2D eigenvalue weighted by Crippen LogP contribution is -2.13. The molecule has 0 aliphatic heterocycles. The number of thioether (sulfide) groups is 1. The molecule has 0 spiro atoms. The highest BCUT2D eigenvalue weighted by atomic mass is 32.2. The van der Waals surface area contributed by atoms with Crippen molar-refractivity contribution in [3.63, 3.8) is 0 Å². The molecule has 2 aromatic rings. The fraction of sp³-hybridized carbons (Fsp3) is 0.294. The SMILES string of the molecule is CCCNCc1ccc(SCc2ccccc2)cc1. The summed E-state index contributed by atoms with van der Waals surface area (Å²) in [4.78, 5) is 1.34. The molecule has 0 aliphatic rings. The van der Waals surface area contributed by atoms with Crippen molar-refractivity contribution in [2.24, 2.45) is 0 Å². The van der Waals surface area contributed by atoms with Crippen LogP contribution in [0.2, 0.25) is 0 Å². The Kier molecular flexibility index (Phi) is 5.99. The number of nitrogens with one attached hydrogen (secondary N) is 1. The van der Waals surface area contributed by atoms with E-state index < -0.39 is 0 Å². The maximum atomic E-state index is 3.42. The molecular weight excluding hydrogens is 250 g/mol. The summed E-state index contributed by atoms with van der Waals surface area (Å²) in [6.07, 6.45) is 1.19. The number of benzene rings is 2. The summed E-state index contributed by atoms with van der Waals surface area (Å²) in [7, 11) is 0. The Labute approximate surface area is 120 Å². The van der Waals surface area contributed by atoms with E-state index in [0.29, 0.717) is 0 Å². The van der Waals surface area contributed by atoms with Crippen LogP contribution in [0.4, 0.5) is 0 Å². The molecule has 0 saturated heterocycles. The number of hydrogen-bond acceptors (Lipinski definition) is 2. The first-order valence-electron chi connectivity index (χ1n) is 6.85. The van der Waals surface area contributed by atoms with Gasteiger partial charge in [0, 0.05) is 17.2 Å². The monoisotopic (exact) mass is 271 g/mol. The van der Waals surface area contributed by atoms with Crippen molar-refractivity contribution in [1.29, 1.82) is 0 Å². The van der Waals surface area contributed by atoms with Crippen LogP contribution in [0.1, 0.15) is 24.5 Å². The lowest BCUT2D eigenvalue weighted by Gasteiger charge is -2.05. The van der Waals surface area contributed by atoms with E-state index in [1.54, 1.807) is 0 Å². The van der Waals surface area contributed by atoms with Crippen LogP contribution >= 0.6 is 11.8 Å². The molecule has 0 saturated carbocycles. The molecule has 0 bridgehead atoms. The normalized spacial score (nSPS) is 10.6. The zero-order chi connectivity index (χ0) is 13.3. The van der Waals surface area contributed by atoms with Gasteiger partial charge in [0.2, 0.25) is 0 Å². The third kappa shape index (κ3) is 5.09. The van der Waals surface area contributed by atoms with Gasteiger partial charge in [0.25, 0.3) is 0 Å². The molecule has 2 heteroatoms. The van der Waals surface area contributed by atoms with E-state index in [9.17, 15) is 0 Å². The first kappa shape index (κ1) is 14.2. The lowest BCUT2D eigenvalue weighted by atomic mass is 10.2. The molecule has 0 aromatic heterocycles. The van der Waals surface area contributed by atoms with Crippen molar-refractivity contribution in [3.8, 4) is 0 Å². The maximum Gasteiger partial charge on any atom is 0.0231 e. The van der Waals surface area contributed by atoms with Crippen LogP contribution < -0.4 is 5.32 Å². The summed E-state index contributed by atoms with van der Waals surface area (Å²) in [6, 6.07) is 19.5. The molecule has 0 atom stereocenters. The predicted octanol–water partition coefficient (Wildman–Crippen LogP) is 4.48. The largest absolute Gasteiger partial charge is 0.313 e. The quantitative estimate of drug-likeness (QED) is 0.588. The van der Waals surface area contributed by atoms with E-state index in [-0.39, 0.29) is 0 Å². The first-order chi connectivity index (χ1) is 9.38. The second-order valence-electron chi connectivity index (χ2n) is 4.60. The van der Waals surface area contributed by atoms with E-state index in [1.165, 1.54) is 22.4 Å². The second kappa shape index (κ2) is 8.03. The van der Waals surface area contributed by atoms with E-state index in [2.05, 4.69) is 66.8 Å². The molecule has 100 valence electrons. The summed E-state index contributed by atoms with van der Waals surface area (Å²) in [5.74, 6) is 1.04. The summed E-state index contributed by atoms with van der Waals surface area (Å²) in [5.41, 5.74) is 2.73. The van der Waals surface area contributed by atoms with Crippen molar-refractivity contribution < 1.29 is 0 Å². The van der Waals surface area contributed by atoms with Gasteiger partial charge in [-0.15, -0.1) is 11.8 Å². The van der Waals surface area contributed by atoms with Crippen molar-refractivity contribution in [1.82, 2.24) is 5.32 Å². The summed E-state index contributed by atoms with van der Waals surface area (Å²) >= 11 is 1.89. The molecule has 2 rings (SSSR count). The van der Waals surface area contributed by atoms with E-state index in [0.717, 1.165) is 18.8 Å². The van der Waals surface area contributed by atoms with Gasteiger partial charge in [0.1, 0.15) is 0 Å². The van der Waals surface area contributed by atoms with Crippen LogP contribution in [0.25, 0.3) is 0 Å². The Morgan fingerprint density at radius 1 is 0.895 bits per heavy atom. The Morgan fingerprint density at radius 2 is 1.63 bits per heavy atom. The molecule has 1 nitrogen and oxygen atoms in total. The zero-order valence-corrected chi connectivity index (χ0v) is 12.2. The average molecular weight is 271 g/mol. The van der Waals surface area contributed by atoms with Gasteiger partial charge in [-0.3, -0.25) is 0 Å². The number of rotatable bonds is 7. The van der Waals surface area contributed by atoms with Crippen LogP contribution in [0.15, 0.2) is 59.5 Å². The molecule has 19 heavy (non-hydrogen) atoms. The van der Waals surface area contributed by atoms with E-state index in [4.69, 9.17) is 0 Å². The Balaban J connectivity index is 1.81. The van der Waals surface area contributed by atoms with E-state index >= 15 is 0 Å². The standard InChI is InChI=1S/C17H21NS/c1-2-12-18-13-15-8-10-17(11-9-15)19-14-16-6-4-3-5-7-16/h3-11,18H,2,12-14H2,1H3. The third-order valence-corrected chi connectivity index (χ3v) is 4.01. The number of hydrogen-bond donors (Lipinski definition) is 1. The van der Waals surface area contributed by atoms with Crippen LogP contribution in [0.3, 0.4) is 0 Å². The first-order valence-corrected chi connectivity index (χ1v) is 7.83. The van der Waals surface area contributed by atoms with Crippen LogP contribution in [0, 0.1) is 0 Å². The van der Waals surface area contributed by atoms with Gasteiger partial charge in [-0.25, -0.2) is 0 Å². The predicted molar refractivity (Wildman–Crippen MR) is 84.4 cm³/mol. The van der Waals surface area contributed by atoms with Gasteiger partial charge in [-0.05, 0) is 36.2 Å². The Hall–Kier alpha value is -1.25. The fourth-order valence-corrected chi connectivity index (χ4v) is 2.71. The fourth-order valence-electron chi connectivity index (χ4n) is 1.85. The van der Waals surface area contributed by atoms with Crippen molar-refractivity contribution in [2.75, 3.05) is 6.54 Å². The molecule has 1 N–H and O–H groups in total. The minimum atomic E-state index is 0.970. The Morgan fingerprint density at radius 3 is 2.32 bits per heavy atom. The summed E-state index contributed by atoms with van der Waals surface area (Å²) < 4.78 is 0. The third-order valence-electron chi connectivity index (χ3n) is 2.93. The molecule has 0 fully saturated rings. The molecule has 0 heterocycles. The minimum Gasteiger partial charge on any atom is -0.313 e. The van der Waals surface area contributed by atoms with Crippen molar-refractivity contribution in [3.05, 3.63) is 65.7 Å². The maximum absolute atomic E-state index is 3.42. The molecular formula is C17H21NS. The molecule has 0 aliphatic carbocycles. The molecule has 0 unspecified atom stereocenters. The van der Waals surface area contributed by atoms with Crippen molar-refractivity contribution >= 4 is 11.8 Å². The lowest BCUT2D eigenvalue weighted by molar-refractivity contribution is 0.675. The minimum absolute atomic E-state index is 0.970. The van der Waals surface area contributed by atoms with E-state index in [1.807, 2.05) is 11.8 Å². The van der Waals surface area contributed by atoms with Crippen LogP contribution in [-0.4, -0.2) is 6.54 Å². The highest BCUT2D eigenvalue weighted by molar-refractivity contribution is 7.98. The molecule has 0 radical (unpaired) electrons. The average Bonchev–Trinajstić information content (AvgIpc) is 2.48. The van der Waals surface area contributed by atoms with Gasteiger partial charge in [-0.1, -0.05) is 49.4 Å². The van der Waals surface area contributed by atoms with Gasteiger partial charge in [0.05, 0.1) is 0 Å². The summed E-state index contributed by atoms with van der Waals surface area (Å²) in [6.45, 7) is 4.25. The zero-order valence-electron chi connectivity index (χ0n) is 11.4. The highest BCUT2D eigenvalue weighted by Crippen LogP contribution is 2.22. The highest BCUT2D eigenvalue weighted by Gasteiger charge is 1.97. The molecule has 0 amide bonds. The van der Waals surface area contributed by atoms with Gasteiger partial charge in [0.15, 0.2) is 0 Å². The van der Waals surface area contributed by atoms with Gasteiger partial charge >= 0.3 is 0 Å². The molecule has 2 aromatic carbocycles. The topological polar surface area (TPSA) is 12.0 Å². The van der Waals surface area contributed by atoms with Gasteiger partial charge < -0.3 is 5.32 Å². The Bertz CT molecular complexity index is 464. The van der Waals surface area contributed by atoms with Crippen molar-refractivity contribution in [2.45, 2.75) is 30.5 Å². The van der Waals surface area contributed by atoms with Crippen LogP contribution in [0.5, 0.6) is 0 Å². The van der Waals surface area contributed by atoms with Gasteiger partial charge in [-0.2, -0.15) is 0 Å².